The zero-order valence-electron chi connectivity index (χ0n) is 39.6. The van der Waals surface area contributed by atoms with Gasteiger partial charge in [0.1, 0.15) is 30.1 Å². The van der Waals surface area contributed by atoms with Crippen molar-refractivity contribution in [3.05, 3.63) is 94.8 Å². The number of ketones is 2. The van der Waals surface area contributed by atoms with Crippen molar-refractivity contribution in [3.63, 3.8) is 0 Å². The summed E-state index contributed by atoms with van der Waals surface area (Å²) in [7, 11) is 0. The molecule has 3 aliphatic heterocycles. The van der Waals surface area contributed by atoms with E-state index in [4.69, 9.17) is 24.8 Å². The molecule has 3 aromatic rings. The van der Waals surface area contributed by atoms with E-state index < -0.39 is 59.4 Å². The molecule has 0 spiro atoms. The zero-order chi connectivity index (χ0) is 50.9. The second-order valence-electron chi connectivity index (χ2n) is 18.0. The number of amides is 4. The summed E-state index contributed by atoms with van der Waals surface area (Å²) < 4.78 is 13.5. The molecule has 0 bridgehead atoms. The summed E-state index contributed by atoms with van der Waals surface area (Å²) in [4.78, 5) is 96.2. The Balaban J connectivity index is 0.00000267. The average Bonchev–Trinajstić information content (AvgIpc) is 3.58. The van der Waals surface area contributed by atoms with E-state index in [1.807, 2.05) is 71.2 Å². The fraction of sp³-hybridized carbons (Fsp3) is 0.500. The molecule has 19 heteroatoms. The van der Waals surface area contributed by atoms with Crippen LogP contribution in [0.3, 0.4) is 0 Å². The summed E-state index contributed by atoms with van der Waals surface area (Å²) in [5, 5.41) is 32.9. The number of allylic oxidation sites excluding steroid dienone is 1. The summed E-state index contributed by atoms with van der Waals surface area (Å²) in [6, 6.07) is 13.9. The van der Waals surface area contributed by atoms with Crippen LogP contribution < -0.4 is 20.4 Å². The predicted molar refractivity (Wildman–Crippen MR) is 264 cm³/mol. The first-order valence-corrected chi connectivity index (χ1v) is 24.1. The molecule has 6 atom stereocenters. The Morgan fingerprint density at radius 3 is 2.38 bits per heavy atom. The Morgan fingerprint density at radius 2 is 1.70 bits per heavy atom. The lowest BCUT2D eigenvalue weighted by molar-refractivity contribution is -0.688. The number of benzene rings is 2. The lowest BCUT2D eigenvalue weighted by Gasteiger charge is -2.35. The molecule has 4 unspecified atom stereocenters. The van der Waals surface area contributed by atoms with Crippen LogP contribution in [0.25, 0.3) is 6.08 Å². The number of hydrogen-bond acceptors (Lipinski definition) is 15. The van der Waals surface area contributed by atoms with Gasteiger partial charge in [0.15, 0.2) is 30.5 Å². The third kappa shape index (κ3) is 16.6. The number of carbonyl (C=O) groups is 6. The van der Waals surface area contributed by atoms with Crippen LogP contribution in [0.15, 0.2) is 67.0 Å². The van der Waals surface area contributed by atoms with Gasteiger partial charge in [-0.15, -0.1) is 0 Å². The van der Waals surface area contributed by atoms with Gasteiger partial charge in [-0.1, -0.05) is 44.4 Å². The van der Waals surface area contributed by atoms with E-state index in [1.54, 1.807) is 25.1 Å². The number of unbranched alkanes of at least 4 members (excludes halogenated alkanes) is 2. The smallest absolute Gasteiger partial charge is 0.373 e. The molecule has 0 aliphatic carbocycles. The fourth-order valence-electron chi connectivity index (χ4n) is 8.85. The molecule has 0 saturated carbocycles. The van der Waals surface area contributed by atoms with Crippen LogP contribution in [-0.4, -0.2) is 129 Å². The summed E-state index contributed by atoms with van der Waals surface area (Å²) >= 11 is 4.12. The Labute approximate surface area is 420 Å². The van der Waals surface area contributed by atoms with Crippen LogP contribution in [0.2, 0.25) is 0 Å². The Morgan fingerprint density at radius 1 is 0.972 bits per heavy atom. The number of aryl methyl sites for hydroxylation is 2. The first-order valence-electron chi connectivity index (χ1n) is 23.6. The number of anilines is 1. The highest BCUT2D eigenvalue weighted by Crippen LogP contribution is 2.34. The van der Waals surface area contributed by atoms with Crippen LogP contribution >= 0.6 is 12.6 Å². The van der Waals surface area contributed by atoms with Crippen LogP contribution in [0.1, 0.15) is 111 Å². The SMILES string of the molecule is C.Cc1cccc(C(=O)N2CCC(CCCCCC(=O)/C=C/c3ccc[n+](Cc4cc(C)c(OC5OCC(O)[C@H](O)[C@@H]5O)c(NC(=O)CCCC(=O)C(CN)N5C(=O)CC(S)C5=O)c4)c3)CC2)c1.O=C=O. The zero-order valence-corrected chi connectivity index (χ0v) is 40.5. The van der Waals surface area contributed by atoms with Gasteiger partial charge < -0.3 is 40.7 Å². The maximum Gasteiger partial charge on any atom is 0.373 e. The molecular formula is C52H68N5O13S+. The number of nitrogens with one attached hydrogen (secondary N) is 1. The number of carbonyl (C=O) groups excluding carboxylic acids is 8. The van der Waals surface area contributed by atoms with Crippen molar-refractivity contribution < 1.29 is 67.7 Å². The highest BCUT2D eigenvalue weighted by atomic mass is 32.1. The number of thiol groups is 1. The van der Waals surface area contributed by atoms with Gasteiger partial charge in [0.2, 0.25) is 24.0 Å². The molecule has 6 rings (SSSR count). The molecule has 0 radical (unpaired) electrons. The number of imide groups is 1. The lowest BCUT2D eigenvalue weighted by Crippen LogP contribution is -2.54. The number of aromatic nitrogens is 1. The number of aliphatic hydroxyl groups is 3. The molecule has 3 saturated heterocycles. The number of rotatable bonds is 21. The highest BCUT2D eigenvalue weighted by Gasteiger charge is 2.43. The van der Waals surface area contributed by atoms with Crippen LogP contribution in [-0.2, 0) is 44.8 Å². The number of Topliss-reactive ketones (excluding diaryl/α,β-unsaturated/α-hetero) is 1. The van der Waals surface area contributed by atoms with Crippen molar-refractivity contribution in [2.24, 2.45) is 11.7 Å². The van der Waals surface area contributed by atoms with Crippen LogP contribution in [0, 0.1) is 19.8 Å². The van der Waals surface area contributed by atoms with Crippen molar-refractivity contribution in [1.82, 2.24) is 9.80 Å². The van der Waals surface area contributed by atoms with Gasteiger partial charge >= 0.3 is 6.15 Å². The van der Waals surface area contributed by atoms with Gasteiger partial charge in [0, 0.05) is 68.1 Å². The predicted octanol–water partition coefficient (Wildman–Crippen LogP) is 3.66. The minimum Gasteiger partial charge on any atom is -0.460 e. The topological polar surface area (TPSA) is 264 Å². The van der Waals surface area contributed by atoms with Gasteiger partial charge in [0.25, 0.3) is 5.91 Å². The number of hydrogen-bond donors (Lipinski definition) is 6. The highest BCUT2D eigenvalue weighted by molar-refractivity contribution is 7.81. The molecule has 71 heavy (non-hydrogen) atoms. The number of nitrogens with zero attached hydrogens (tertiary/aromatic N) is 3. The first kappa shape index (κ1) is 57.7. The van der Waals surface area contributed by atoms with Gasteiger partial charge in [-0.3, -0.25) is 33.7 Å². The minimum absolute atomic E-state index is 0. The second-order valence-corrected chi connectivity index (χ2v) is 18.6. The van der Waals surface area contributed by atoms with Gasteiger partial charge in [-0.2, -0.15) is 22.2 Å². The molecule has 3 aliphatic rings. The standard InChI is InChI=1S/C50H63N5O11S.CO2.CH4/c1-31-9-6-12-36(23-31)48(63)54-21-18-33(19-22-54)10-4-3-5-13-37(56)17-16-34-11-8-20-53(28-34)29-35-24-32(2)47(66-50-46(62)45(61)41(58)30-65-50)38(25-35)52-43(59)15-7-14-40(57)39(27-51)55-44(60)26-42(67)49(55)64;2-1-3;/h6,8-9,11-12,16-17,20,23-25,28,33,39,41-42,45-46,50,58,61-62H,3-5,7,10,13-15,18-19,21-22,26-27,29-30,51H2,1-2H3,(H-,52,59,67);;1H4/p+1/b17-16+;;/t39?,41?,42?,45-,46-,50?;;/m0../s1. The van der Waals surface area contributed by atoms with E-state index >= 15 is 0 Å². The van der Waals surface area contributed by atoms with E-state index in [-0.39, 0.29) is 75.5 Å². The Kier molecular flexibility index (Phi) is 22.9. The Bertz CT molecular complexity index is 2400. The van der Waals surface area contributed by atoms with Crippen molar-refractivity contribution in [3.8, 4) is 5.75 Å². The van der Waals surface area contributed by atoms with Crippen molar-refractivity contribution in [2.45, 2.75) is 134 Å². The average molecular weight is 1000 g/mol. The molecular weight excluding hydrogens is 935 g/mol. The second kappa shape index (κ2) is 28.2. The number of likely N-dealkylation sites (tertiary alicyclic amines) is 2. The van der Waals surface area contributed by atoms with Gasteiger partial charge in [-0.05, 0) is 93.5 Å². The van der Waals surface area contributed by atoms with E-state index in [2.05, 4.69) is 17.9 Å². The third-order valence-electron chi connectivity index (χ3n) is 12.6. The van der Waals surface area contributed by atoms with E-state index in [0.29, 0.717) is 24.4 Å². The van der Waals surface area contributed by atoms with Crippen molar-refractivity contribution in [1.29, 1.82) is 0 Å². The summed E-state index contributed by atoms with van der Waals surface area (Å²) in [6.45, 7) is 5.10. The lowest BCUT2D eigenvalue weighted by atomic mass is 9.90. The molecule has 1 aromatic heterocycles. The third-order valence-corrected chi connectivity index (χ3v) is 13.0. The molecule has 384 valence electrons. The summed E-state index contributed by atoms with van der Waals surface area (Å²) in [6.07, 6.45) is 7.72. The monoisotopic (exact) mass is 1000 g/mol. The van der Waals surface area contributed by atoms with Crippen LogP contribution in [0.5, 0.6) is 5.75 Å². The maximum atomic E-state index is 13.4. The number of pyridine rings is 1. The summed E-state index contributed by atoms with van der Waals surface area (Å²) in [5.41, 5.74) is 9.98. The van der Waals surface area contributed by atoms with Gasteiger partial charge in [-0.25, -0.2) is 4.57 Å². The minimum atomic E-state index is -1.60. The molecule has 3 fully saturated rings. The molecule has 4 heterocycles. The summed E-state index contributed by atoms with van der Waals surface area (Å²) in [5.74, 6) is -1.12. The molecule has 2 aromatic carbocycles. The number of piperidine rings is 1. The number of aliphatic hydroxyl groups excluding tert-OH is 3. The molecule has 18 nitrogen and oxygen atoms in total. The van der Waals surface area contributed by atoms with E-state index in [0.717, 1.165) is 78.8 Å². The largest absolute Gasteiger partial charge is 0.460 e. The van der Waals surface area contributed by atoms with Crippen LogP contribution in [0.4, 0.5) is 5.69 Å². The van der Waals surface area contributed by atoms with Crippen molar-refractivity contribution >= 4 is 65.7 Å². The quantitative estimate of drug-likeness (QED) is 0.0293. The van der Waals surface area contributed by atoms with E-state index in [9.17, 15) is 44.1 Å². The normalized spacial score (nSPS) is 20.6. The Hall–Kier alpha value is -5.92. The molecule has 4 amide bonds. The fourth-order valence-corrected chi connectivity index (χ4v) is 9.13. The number of ether oxygens (including phenoxy) is 2. The molecule has 6 N–H and O–H groups in total. The van der Waals surface area contributed by atoms with Gasteiger partial charge in [0.05, 0.1) is 17.5 Å². The first-order chi connectivity index (χ1) is 33.5. The van der Waals surface area contributed by atoms with E-state index in [1.165, 1.54) is 0 Å². The maximum absolute atomic E-state index is 13.4. The van der Waals surface area contributed by atoms with Crippen molar-refractivity contribution in [2.75, 3.05) is 31.6 Å². The number of nitrogens with two attached hydrogens (primary N) is 1.